The summed E-state index contributed by atoms with van der Waals surface area (Å²) in [4.78, 5) is 15.2. The Labute approximate surface area is 131 Å². The summed E-state index contributed by atoms with van der Waals surface area (Å²) in [5.41, 5.74) is 7.40. The Morgan fingerprint density at radius 1 is 1.26 bits per heavy atom. The first kappa shape index (κ1) is 14.7. The molecule has 2 heterocycles. The number of hydrogen-bond donors (Lipinski definition) is 2. The summed E-state index contributed by atoms with van der Waals surface area (Å²) < 4.78 is 16.1. The first-order chi connectivity index (χ1) is 11.0. The van der Waals surface area contributed by atoms with E-state index in [0.29, 0.717) is 11.1 Å². The van der Waals surface area contributed by atoms with Crippen LogP contribution in [0.15, 0.2) is 42.9 Å². The Bertz CT molecular complexity index is 905. The molecule has 0 aliphatic rings. The van der Waals surface area contributed by atoms with Gasteiger partial charge in [-0.1, -0.05) is 12.1 Å². The van der Waals surface area contributed by atoms with Gasteiger partial charge in [0, 0.05) is 41.7 Å². The number of nitrogens with two attached hydrogens (primary N) is 1. The van der Waals surface area contributed by atoms with Crippen molar-refractivity contribution in [3.63, 3.8) is 0 Å². The fourth-order valence-corrected chi connectivity index (χ4v) is 2.32. The van der Waals surface area contributed by atoms with Crippen molar-refractivity contribution in [1.29, 1.82) is 0 Å². The molecule has 0 radical (unpaired) electrons. The number of nitrogens with zero attached hydrogens (tertiary/aromatic N) is 3. The highest BCUT2D eigenvalue weighted by molar-refractivity contribution is 5.91. The number of benzene rings is 1. The third kappa shape index (κ3) is 2.64. The molecule has 0 bridgehead atoms. The van der Waals surface area contributed by atoms with Gasteiger partial charge in [-0.25, -0.2) is 14.2 Å². The minimum Gasteiger partial charge on any atom is -0.478 e. The second-order valence-corrected chi connectivity index (χ2v) is 5.03. The number of aromatic carboxylic acids is 1. The highest BCUT2D eigenvalue weighted by Crippen LogP contribution is 2.32. The predicted octanol–water partition coefficient (Wildman–Crippen LogP) is 2.57. The summed E-state index contributed by atoms with van der Waals surface area (Å²) in [6.07, 6.45) is 5.01. The zero-order chi connectivity index (χ0) is 16.6. The molecule has 6 nitrogen and oxygen atoms in total. The van der Waals surface area contributed by atoms with Gasteiger partial charge in [0.1, 0.15) is 11.6 Å². The van der Waals surface area contributed by atoms with Crippen LogP contribution in [-0.4, -0.2) is 25.8 Å². The molecule has 0 unspecified atom stereocenters. The fraction of sp³-hybridized carbons (Fsp3) is 0.0625. The predicted molar refractivity (Wildman–Crippen MR) is 83.2 cm³/mol. The molecular formula is C16H13FN4O2. The molecule has 3 aromatic rings. The summed E-state index contributed by atoms with van der Waals surface area (Å²) in [7, 11) is 1.78. The fourth-order valence-electron chi connectivity index (χ4n) is 2.32. The van der Waals surface area contributed by atoms with Crippen LogP contribution >= 0.6 is 0 Å². The summed E-state index contributed by atoms with van der Waals surface area (Å²) >= 11 is 0. The van der Waals surface area contributed by atoms with Crippen LogP contribution in [0.3, 0.4) is 0 Å². The molecule has 3 N–H and O–H groups in total. The Kier molecular flexibility index (Phi) is 3.53. The molecule has 0 fully saturated rings. The van der Waals surface area contributed by atoms with Crippen LogP contribution < -0.4 is 5.73 Å². The number of rotatable bonds is 3. The number of hydrogen-bond acceptors (Lipinski definition) is 4. The molecule has 3 rings (SSSR count). The minimum absolute atomic E-state index is 0.0978. The Hall–Kier alpha value is -3.22. The lowest BCUT2D eigenvalue weighted by Crippen LogP contribution is -2.03. The average Bonchev–Trinajstić information content (AvgIpc) is 2.94. The van der Waals surface area contributed by atoms with Crippen LogP contribution in [0.2, 0.25) is 0 Å². The monoisotopic (exact) mass is 312 g/mol. The van der Waals surface area contributed by atoms with E-state index in [1.54, 1.807) is 36.4 Å². The summed E-state index contributed by atoms with van der Waals surface area (Å²) in [5.74, 6) is -2.05. The quantitative estimate of drug-likeness (QED) is 0.775. The molecule has 23 heavy (non-hydrogen) atoms. The van der Waals surface area contributed by atoms with Crippen LogP contribution in [0, 0.1) is 5.82 Å². The van der Waals surface area contributed by atoms with E-state index in [1.807, 2.05) is 0 Å². The van der Waals surface area contributed by atoms with Gasteiger partial charge >= 0.3 is 5.97 Å². The number of carbonyl (C=O) groups is 1. The van der Waals surface area contributed by atoms with Crippen LogP contribution in [0.25, 0.3) is 22.3 Å². The van der Waals surface area contributed by atoms with Crippen molar-refractivity contribution in [3.05, 3.63) is 54.2 Å². The molecule has 0 spiro atoms. The first-order valence-corrected chi connectivity index (χ1v) is 6.74. The van der Waals surface area contributed by atoms with Crippen molar-refractivity contribution in [2.75, 3.05) is 5.73 Å². The molecule has 0 saturated heterocycles. The SMILES string of the molecule is Cn1cc(-c2cnc(N)c(-c3cccc(C(=O)O)c3F)c2)cn1. The van der Waals surface area contributed by atoms with Gasteiger partial charge in [0.15, 0.2) is 0 Å². The van der Waals surface area contributed by atoms with E-state index in [4.69, 9.17) is 10.8 Å². The van der Waals surface area contributed by atoms with Gasteiger partial charge in [0.25, 0.3) is 0 Å². The van der Waals surface area contributed by atoms with Gasteiger partial charge in [0.2, 0.25) is 0 Å². The van der Waals surface area contributed by atoms with Gasteiger partial charge < -0.3 is 10.8 Å². The maximum absolute atomic E-state index is 14.4. The van der Waals surface area contributed by atoms with Crippen molar-refractivity contribution in [2.24, 2.45) is 7.05 Å². The molecule has 0 aliphatic carbocycles. The zero-order valence-corrected chi connectivity index (χ0v) is 12.2. The molecule has 0 aliphatic heterocycles. The van der Waals surface area contributed by atoms with E-state index >= 15 is 0 Å². The smallest absolute Gasteiger partial charge is 0.338 e. The molecule has 7 heteroatoms. The van der Waals surface area contributed by atoms with Gasteiger partial charge in [-0.3, -0.25) is 4.68 Å². The number of anilines is 1. The lowest BCUT2D eigenvalue weighted by molar-refractivity contribution is 0.0692. The lowest BCUT2D eigenvalue weighted by Gasteiger charge is -2.09. The molecule has 2 aromatic heterocycles. The molecular weight excluding hydrogens is 299 g/mol. The maximum Gasteiger partial charge on any atom is 0.338 e. The second kappa shape index (κ2) is 5.53. The van der Waals surface area contributed by atoms with Crippen LogP contribution in [0.1, 0.15) is 10.4 Å². The number of nitrogen functional groups attached to an aromatic ring is 1. The minimum atomic E-state index is -1.33. The van der Waals surface area contributed by atoms with Crippen LogP contribution in [-0.2, 0) is 7.05 Å². The van der Waals surface area contributed by atoms with Gasteiger partial charge in [0.05, 0.1) is 11.8 Å². The van der Waals surface area contributed by atoms with Gasteiger partial charge in [-0.05, 0) is 12.1 Å². The standard InChI is InChI=1S/C16H13FN4O2/c1-21-8-10(7-20-21)9-5-13(15(18)19-6-9)11-3-2-4-12(14(11)17)16(22)23/h2-8H,1H3,(H2,18,19)(H,22,23). The first-order valence-electron chi connectivity index (χ1n) is 6.74. The average molecular weight is 312 g/mol. The molecule has 116 valence electrons. The summed E-state index contributed by atoms with van der Waals surface area (Å²) in [6, 6.07) is 5.82. The number of aryl methyl sites for hydroxylation is 1. The van der Waals surface area contributed by atoms with E-state index in [-0.39, 0.29) is 11.4 Å². The van der Waals surface area contributed by atoms with E-state index in [9.17, 15) is 9.18 Å². The van der Waals surface area contributed by atoms with Crippen molar-refractivity contribution < 1.29 is 14.3 Å². The molecule has 0 amide bonds. The van der Waals surface area contributed by atoms with Gasteiger partial charge in [-0.15, -0.1) is 0 Å². The number of halogens is 1. The Balaban J connectivity index is 2.17. The third-order valence-electron chi connectivity index (χ3n) is 3.48. The van der Waals surface area contributed by atoms with E-state index in [0.717, 1.165) is 5.56 Å². The number of aromatic nitrogens is 3. The highest BCUT2D eigenvalue weighted by Gasteiger charge is 2.17. The second-order valence-electron chi connectivity index (χ2n) is 5.03. The summed E-state index contributed by atoms with van der Waals surface area (Å²) in [5, 5.41) is 13.1. The highest BCUT2D eigenvalue weighted by atomic mass is 19.1. The number of pyridine rings is 1. The van der Waals surface area contributed by atoms with E-state index in [2.05, 4.69) is 10.1 Å². The van der Waals surface area contributed by atoms with Crippen molar-refractivity contribution in [2.45, 2.75) is 0 Å². The van der Waals surface area contributed by atoms with Crippen LogP contribution in [0.5, 0.6) is 0 Å². The maximum atomic E-state index is 14.4. The largest absolute Gasteiger partial charge is 0.478 e. The summed E-state index contributed by atoms with van der Waals surface area (Å²) in [6.45, 7) is 0. The van der Waals surface area contributed by atoms with Crippen molar-refractivity contribution in [3.8, 4) is 22.3 Å². The van der Waals surface area contributed by atoms with E-state index in [1.165, 1.54) is 18.2 Å². The number of carboxylic acid groups (broad SMARTS) is 1. The third-order valence-corrected chi connectivity index (χ3v) is 3.48. The van der Waals surface area contributed by atoms with Gasteiger partial charge in [-0.2, -0.15) is 5.10 Å². The number of carboxylic acids is 1. The van der Waals surface area contributed by atoms with E-state index < -0.39 is 17.3 Å². The zero-order valence-electron chi connectivity index (χ0n) is 12.2. The molecule has 0 saturated carbocycles. The Morgan fingerprint density at radius 3 is 2.70 bits per heavy atom. The van der Waals surface area contributed by atoms with Crippen molar-refractivity contribution in [1.82, 2.24) is 14.8 Å². The molecule has 0 atom stereocenters. The topological polar surface area (TPSA) is 94.0 Å². The normalized spacial score (nSPS) is 10.7. The molecule has 1 aromatic carbocycles. The van der Waals surface area contributed by atoms with Crippen molar-refractivity contribution >= 4 is 11.8 Å². The Morgan fingerprint density at radius 2 is 2.04 bits per heavy atom. The van der Waals surface area contributed by atoms with Crippen LogP contribution in [0.4, 0.5) is 10.2 Å². The lowest BCUT2D eigenvalue weighted by atomic mass is 10.00.